The fourth-order valence-corrected chi connectivity index (χ4v) is 4.12. The second-order valence-electron chi connectivity index (χ2n) is 7.39. The van der Waals surface area contributed by atoms with E-state index in [9.17, 15) is 24.3 Å². The van der Waals surface area contributed by atoms with Crippen LogP contribution in [0.4, 0.5) is 0 Å². The zero-order valence-electron chi connectivity index (χ0n) is 15.6. The number of carbonyl (C=O) groups excluding carboxylic acids is 1. The van der Waals surface area contributed by atoms with E-state index in [1.807, 2.05) is 0 Å². The van der Waals surface area contributed by atoms with Gasteiger partial charge in [-0.2, -0.15) is 0 Å². The molecule has 0 bridgehead atoms. The number of nitrogens with zero attached hydrogens (tertiary/aromatic N) is 2. The van der Waals surface area contributed by atoms with E-state index in [-0.39, 0.29) is 12.1 Å². The predicted molar refractivity (Wildman–Crippen MR) is 99.9 cm³/mol. The number of hydrogen-bond donors (Lipinski definition) is 4. The first-order valence-corrected chi connectivity index (χ1v) is 9.72. The highest BCUT2D eigenvalue weighted by molar-refractivity contribution is 5.97. The molecular formula is C18H26N4O6. The highest BCUT2D eigenvalue weighted by atomic mass is 16.4. The summed E-state index contributed by atoms with van der Waals surface area (Å²) in [5.41, 5.74) is -2.05. The summed E-state index contributed by atoms with van der Waals surface area (Å²) in [6, 6.07) is -0.717. The standard InChI is InChI=1S/C18H26N4O6/c23-13(24)10-20-15(25)14-16(26)21(11-5-2-1-3-6-11)18(28)22(17(14)27)12-7-4-8-19-9-12/h11-12,19,27H,1-10H2,(H,20,25)(H,23,24)/t12-/m0/s1. The van der Waals surface area contributed by atoms with Crippen LogP contribution < -0.4 is 21.9 Å². The molecule has 1 amide bonds. The zero-order valence-corrected chi connectivity index (χ0v) is 15.6. The van der Waals surface area contributed by atoms with E-state index in [4.69, 9.17) is 5.11 Å². The third kappa shape index (κ3) is 3.96. The molecule has 1 aliphatic carbocycles. The molecule has 1 aromatic heterocycles. The Bertz CT molecular complexity index is 862. The molecule has 1 aromatic rings. The highest BCUT2D eigenvalue weighted by Gasteiger charge is 2.31. The summed E-state index contributed by atoms with van der Waals surface area (Å²) in [5, 5.41) is 24.7. The van der Waals surface area contributed by atoms with Crippen LogP contribution in [0.1, 0.15) is 67.4 Å². The molecule has 10 heteroatoms. The molecule has 1 saturated heterocycles. The number of piperidine rings is 1. The molecular weight excluding hydrogens is 368 g/mol. The minimum absolute atomic E-state index is 0.330. The Balaban J connectivity index is 2.14. The number of aromatic hydroxyl groups is 1. The molecule has 1 aliphatic heterocycles. The van der Waals surface area contributed by atoms with Gasteiger partial charge in [0.25, 0.3) is 11.5 Å². The Labute approximate surface area is 161 Å². The van der Waals surface area contributed by atoms with E-state index in [1.54, 1.807) is 0 Å². The first-order valence-electron chi connectivity index (χ1n) is 9.72. The molecule has 1 saturated carbocycles. The molecule has 10 nitrogen and oxygen atoms in total. The van der Waals surface area contributed by atoms with Crippen molar-refractivity contribution in [3.8, 4) is 5.88 Å². The number of carbonyl (C=O) groups is 2. The molecule has 2 heterocycles. The van der Waals surface area contributed by atoms with E-state index in [1.165, 1.54) is 0 Å². The molecule has 0 aromatic carbocycles. The van der Waals surface area contributed by atoms with Gasteiger partial charge in [-0.1, -0.05) is 19.3 Å². The van der Waals surface area contributed by atoms with Crippen molar-refractivity contribution in [2.45, 2.75) is 57.0 Å². The predicted octanol–water partition coefficient (Wildman–Crippen LogP) is -0.0403. The van der Waals surface area contributed by atoms with E-state index < -0.39 is 41.1 Å². The Morgan fingerprint density at radius 3 is 2.32 bits per heavy atom. The lowest BCUT2D eigenvalue weighted by atomic mass is 9.95. The number of hydrogen-bond acceptors (Lipinski definition) is 6. The van der Waals surface area contributed by atoms with E-state index in [0.29, 0.717) is 25.8 Å². The normalized spacial score (nSPS) is 20.6. The Morgan fingerprint density at radius 2 is 1.71 bits per heavy atom. The van der Waals surface area contributed by atoms with Crippen molar-refractivity contribution in [1.29, 1.82) is 0 Å². The van der Waals surface area contributed by atoms with Crippen molar-refractivity contribution in [2.75, 3.05) is 19.6 Å². The first-order chi connectivity index (χ1) is 13.4. The summed E-state index contributed by atoms with van der Waals surface area (Å²) in [7, 11) is 0. The summed E-state index contributed by atoms with van der Waals surface area (Å²) < 4.78 is 2.21. The van der Waals surface area contributed by atoms with Crippen molar-refractivity contribution in [1.82, 2.24) is 19.8 Å². The number of aliphatic carboxylic acids is 1. The van der Waals surface area contributed by atoms with Gasteiger partial charge in [-0.15, -0.1) is 0 Å². The smallest absolute Gasteiger partial charge is 0.334 e. The van der Waals surface area contributed by atoms with Gasteiger partial charge in [0.15, 0.2) is 5.56 Å². The summed E-state index contributed by atoms with van der Waals surface area (Å²) in [6.45, 7) is 0.540. The quantitative estimate of drug-likeness (QED) is 0.549. The number of carboxylic acids is 1. The monoisotopic (exact) mass is 394 g/mol. The van der Waals surface area contributed by atoms with E-state index >= 15 is 0 Å². The van der Waals surface area contributed by atoms with Crippen LogP contribution in [0.2, 0.25) is 0 Å². The molecule has 0 radical (unpaired) electrons. The van der Waals surface area contributed by atoms with Crippen molar-refractivity contribution in [2.24, 2.45) is 0 Å². The van der Waals surface area contributed by atoms with Gasteiger partial charge in [-0.25, -0.2) is 4.79 Å². The van der Waals surface area contributed by atoms with E-state index in [2.05, 4.69) is 10.6 Å². The van der Waals surface area contributed by atoms with E-state index in [0.717, 1.165) is 41.4 Å². The third-order valence-electron chi connectivity index (χ3n) is 5.50. The van der Waals surface area contributed by atoms with Gasteiger partial charge >= 0.3 is 11.7 Å². The average molecular weight is 394 g/mol. The van der Waals surface area contributed by atoms with Crippen LogP contribution in [-0.2, 0) is 4.79 Å². The molecule has 4 N–H and O–H groups in total. The molecule has 2 aliphatic rings. The lowest BCUT2D eigenvalue weighted by Crippen LogP contribution is -2.49. The molecule has 154 valence electrons. The number of nitrogens with one attached hydrogen (secondary N) is 2. The molecule has 2 fully saturated rings. The Hall–Kier alpha value is -2.62. The summed E-state index contributed by atoms with van der Waals surface area (Å²) >= 11 is 0. The Kier molecular flexibility index (Phi) is 6.18. The molecule has 0 unspecified atom stereocenters. The number of aromatic nitrogens is 2. The first kappa shape index (κ1) is 20.1. The largest absolute Gasteiger partial charge is 0.494 e. The number of amides is 1. The van der Waals surface area contributed by atoms with Gasteiger partial charge in [0.1, 0.15) is 6.54 Å². The van der Waals surface area contributed by atoms with Gasteiger partial charge in [0, 0.05) is 12.6 Å². The fourth-order valence-electron chi connectivity index (χ4n) is 4.12. The zero-order chi connectivity index (χ0) is 20.3. The summed E-state index contributed by atoms with van der Waals surface area (Å²) in [5.74, 6) is -2.96. The maximum atomic E-state index is 13.2. The second-order valence-corrected chi connectivity index (χ2v) is 7.39. The Morgan fingerprint density at radius 1 is 1.04 bits per heavy atom. The van der Waals surface area contributed by atoms with Crippen molar-refractivity contribution < 1.29 is 19.8 Å². The maximum Gasteiger partial charge on any atom is 0.334 e. The molecule has 28 heavy (non-hydrogen) atoms. The van der Waals surface area contributed by atoms with Gasteiger partial charge in [-0.05, 0) is 32.2 Å². The lowest BCUT2D eigenvalue weighted by molar-refractivity contribution is -0.135. The van der Waals surface area contributed by atoms with Crippen LogP contribution in [-0.4, -0.2) is 50.9 Å². The van der Waals surface area contributed by atoms with Crippen LogP contribution in [0, 0.1) is 0 Å². The number of rotatable bonds is 5. The van der Waals surface area contributed by atoms with Crippen LogP contribution in [0.25, 0.3) is 0 Å². The summed E-state index contributed by atoms with van der Waals surface area (Å²) in [4.78, 5) is 49.4. The topological polar surface area (TPSA) is 143 Å². The van der Waals surface area contributed by atoms with Gasteiger partial charge in [0.05, 0.1) is 6.04 Å². The van der Waals surface area contributed by atoms with Crippen molar-refractivity contribution in [3.63, 3.8) is 0 Å². The van der Waals surface area contributed by atoms with Crippen molar-refractivity contribution in [3.05, 3.63) is 26.4 Å². The highest BCUT2D eigenvalue weighted by Crippen LogP contribution is 2.28. The van der Waals surface area contributed by atoms with Crippen LogP contribution in [0.3, 0.4) is 0 Å². The minimum Gasteiger partial charge on any atom is -0.494 e. The summed E-state index contributed by atoms with van der Waals surface area (Å²) in [6.07, 6.45) is 5.50. The second kappa shape index (κ2) is 8.59. The SMILES string of the molecule is O=C(O)CNC(=O)c1c(O)n([C@H]2CCCNC2)c(=O)n(C2CCCCC2)c1=O. The lowest BCUT2D eigenvalue weighted by Gasteiger charge is -2.29. The number of carboxylic acid groups (broad SMARTS) is 1. The van der Waals surface area contributed by atoms with Gasteiger partial charge in [0.2, 0.25) is 5.88 Å². The molecule has 3 rings (SSSR count). The van der Waals surface area contributed by atoms with Gasteiger partial charge in [-0.3, -0.25) is 23.5 Å². The van der Waals surface area contributed by atoms with Crippen LogP contribution in [0.5, 0.6) is 5.88 Å². The third-order valence-corrected chi connectivity index (χ3v) is 5.50. The average Bonchev–Trinajstić information content (AvgIpc) is 2.68. The molecule has 1 atom stereocenters. The maximum absolute atomic E-state index is 13.2. The van der Waals surface area contributed by atoms with Gasteiger partial charge < -0.3 is 20.8 Å². The minimum atomic E-state index is -1.27. The van der Waals surface area contributed by atoms with Crippen LogP contribution in [0.15, 0.2) is 9.59 Å². The fraction of sp³-hybridized carbons (Fsp3) is 0.667. The molecule has 0 spiro atoms. The van der Waals surface area contributed by atoms with Crippen LogP contribution >= 0.6 is 0 Å². The van der Waals surface area contributed by atoms with Crippen molar-refractivity contribution >= 4 is 11.9 Å².